The third-order valence-electron chi connectivity index (χ3n) is 3.37. The summed E-state index contributed by atoms with van der Waals surface area (Å²) in [6.07, 6.45) is 1.87. The van der Waals surface area contributed by atoms with Crippen molar-refractivity contribution in [2.45, 2.75) is 18.9 Å². The Kier molecular flexibility index (Phi) is 5.17. The number of nitrogens with zero attached hydrogens (tertiary/aromatic N) is 2. The lowest BCUT2D eigenvalue weighted by molar-refractivity contribution is -0.384. The Morgan fingerprint density at radius 2 is 2.15 bits per heavy atom. The Morgan fingerprint density at radius 3 is 2.70 bits per heavy atom. The highest BCUT2D eigenvalue weighted by Gasteiger charge is 2.22. The van der Waals surface area contributed by atoms with E-state index in [1.54, 1.807) is 6.07 Å². The summed E-state index contributed by atoms with van der Waals surface area (Å²) in [6, 6.07) is 4.54. The minimum atomic E-state index is -0.454. The van der Waals surface area contributed by atoms with E-state index < -0.39 is 4.92 Å². The zero-order valence-electron chi connectivity index (χ0n) is 11.0. The molecule has 6 nitrogen and oxygen atoms in total. The van der Waals surface area contributed by atoms with Crippen LogP contribution in [0.25, 0.3) is 0 Å². The fraction of sp³-hybridized carbons (Fsp3) is 0.538. The number of rotatable bonds is 5. The summed E-state index contributed by atoms with van der Waals surface area (Å²) in [5, 5.41) is 19.8. The van der Waals surface area contributed by atoms with Crippen LogP contribution in [0.5, 0.6) is 0 Å². The predicted octanol–water partition coefficient (Wildman–Crippen LogP) is 2.23. The number of hydrogen-bond acceptors (Lipinski definition) is 5. The van der Waals surface area contributed by atoms with E-state index >= 15 is 0 Å². The molecule has 1 heterocycles. The van der Waals surface area contributed by atoms with Gasteiger partial charge in [0.2, 0.25) is 0 Å². The van der Waals surface area contributed by atoms with Gasteiger partial charge in [-0.3, -0.25) is 10.1 Å². The van der Waals surface area contributed by atoms with Gasteiger partial charge in [0, 0.05) is 25.2 Å². The molecule has 1 saturated heterocycles. The largest absolute Gasteiger partial charge is 0.394 e. The highest BCUT2D eigenvalue weighted by Crippen LogP contribution is 2.31. The second kappa shape index (κ2) is 6.88. The molecular weight excluding hydrogens is 284 g/mol. The number of nitro groups is 1. The van der Waals surface area contributed by atoms with Crippen LogP contribution in [-0.2, 0) is 4.74 Å². The third kappa shape index (κ3) is 3.59. The van der Waals surface area contributed by atoms with Crippen LogP contribution in [0, 0.1) is 10.1 Å². The molecule has 1 N–H and O–H groups in total. The standard InChI is InChI=1S/C13H17ClN2O4/c14-12-9-10(16(18)19)1-2-13(12)15-5-3-11(4-6-15)20-8-7-17/h1-2,9,11,17H,3-8H2. The molecule has 7 heteroatoms. The Morgan fingerprint density at radius 1 is 1.45 bits per heavy atom. The van der Waals surface area contributed by atoms with Crippen LogP contribution in [0.2, 0.25) is 5.02 Å². The van der Waals surface area contributed by atoms with E-state index in [-0.39, 0.29) is 18.4 Å². The fourth-order valence-corrected chi connectivity index (χ4v) is 2.64. The normalized spacial score (nSPS) is 16.4. The van der Waals surface area contributed by atoms with Crippen LogP contribution in [0.1, 0.15) is 12.8 Å². The number of halogens is 1. The highest BCUT2D eigenvalue weighted by molar-refractivity contribution is 6.33. The second-order valence-corrected chi connectivity index (χ2v) is 5.08. The maximum absolute atomic E-state index is 10.7. The number of nitro benzene ring substituents is 1. The van der Waals surface area contributed by atoms with Crippen molar-refractivity contribution in [3.05, 3.63) is 33.3 Å². The van der Waals surface area contributed by atoms with Crippen LogP contribution in [-0.4, -0.2) is 42.4 Å². The molecule has 110 valence electrons. The molecule has 0 unspecified atom stereocenters. The van der Waals surface area contributed by atoms with E-state index in [9.17, 15) is 10.1 Å². The zero-order chi connectivity index (χ0) is 14.5. The van der Waals surface area contributed by atoms with Crippen molar-refractivity contribution in [3.63, 3.8) is 0 Å². The van der Waals surface area contributed by atoms with Gasteiger partial charge < -0.3 is 14.7 Å². The van der Waals surface area contributed by atoms with Crippen molar-refractivity contribution >= 4 is 23.0 Å². The van der Waals surface area contributed by atoms with Crippen LogP contribution in [0.15, 0.2) is 18.2 Å². The molecule has 0 bridgehead atoms. The molecule has 1 aromatic carbocycles. The van der Waals surface area contributed by atoms with Crippen LogP contribution >= 0.6 is 11.6 Å². The monoisotopic (exact) mass is 300 g/mol. The summed E-state index contributed by atoms with van der Waals surface area (Å²) in [5.74, 6) is 0. The Balaban J connectivity index is 1.98. The minimum Gasteiger partial charge on any atom is -0.394 e. The third-order valence-corrected chi connectivity index (χ3v) is 3.67. The number of anilines is 1. The molecule has 1 fully saturated rings. The maximum atomic E-state index is 10.7. The van der Waals surface area contributed by atoms with Crippen molar-refractivity contribution in [2.75, 3.05) is 31.2 Å². The van der Waals surface area contributed by atoms with Crippen molar-refractivity contribution in [1.29, 1.82) is 0 Å². The van der Waals surface area contributed by atoms with E-state index in [1.165, 1.54) is 12.1 Å². The number of hydrogen-bond donors (Lipinski definition) is 1. The first-order valence-electron chi connectivity index (χ1n) is 6.53. The number of benzene rings is 1. The zero-order valence-corrected chi connectivity index (χ0v) is 11.8. The van der Waals surface area contributed by atoms with Gasteiger partial charge in [-0.15, -0.1) is 0 Å². The number of ether oxygens (including phenoxy) is 1. The number of aliphatic hydroxyl groups excluding tert-OH is 1. The van der Waals surface area contributed by atoms with Gasteiger partial charge in [0.15, 0.2) is 0 Å². The number of piperidine rings is 1. The predicted molar refractivity (Wildman–Crippen MR) is 76.4 cm³/mol. The molecule has 0 atom stereocenters. The minimum absolute atomic E-state index is 0.0000786. The molecule has 0 amide bonds. The Hall–Kier alpha value is -1.37. The van der Waals surface area contributed by atoms with Crippen LogP contribution in [0.3, 0.4) is 0 Å². The average Bonchev–Trinajstić information content (AvgIpc) is 2.45. The molecule has 0 aromatic heterocycles. The van der Waals surface area contributed by atoms with Crippen molar-refractivity contribution in [3.8, 4) is 0 Å². The van der Waals surface area contributed by atoms with Crippen molar-refractivity contribution < 1.29 is 14.8 Å². The van der Waals surface area contributed by atoms with Gasteiger partial charge >= 0.3 is 0 Å². The van der Waals surface area contributed by atoms with Crippen molar-refractivity contribution in [2.24, 2.45) is 0 Å². The highest BCUT2D eigenvalue weighted by atomic mass is 35.5. The number of aliphatic hydroxyl groups is 1. The molecule has 1 aliphatic heterocycles. The first kappa shape index (κ1) is 15.0. The van der Waals surface area contributed by atoms with Gasteiger partial charge in [0.1, 0.15) is 0 Å². The lowest BCUT2D eigenvalue weighted by Crippen LogP contribution is -2.37. The topological polar surface area (TPSA) is 75.8 Å². The van der Waals surface area contributed by atoms with Gasteiger partial charge in [-0.05, 0) is 18.9 Å². The van der Waals surface area contributed by atoms with E-state index in [1.807, 2.05) is 0 Å². The van der Waals surface area contributed by atoms with Gasteiger partial charge in [0.25, 0.3) is 5.69 Å². The van der Waals surface area contributed by atoms with Gasteiger partial charge in [-0.1, -0.05) is 11.6 Å². The molecule has 2 rings (SSSR count). The van der Waals surface area contributed by atoms with Gasteiger partial charge in [-0.2, -0.15) is 0 Å². The molecule has 1 aromatic rings. The summed E-state index contributed by atoms with van der Waals surface area (Å²) in [5.41, 5.74) is 0.817. The lowest BCUT2D eigenvalue weighted by atomic mass is 10.1. The SMILES string of the molecule is O=[N+]([O-])c1ccc(N2CCC(OCCO)CC2)c(Cl)c1. The fourth-order valence-electron chi connectivity index (χ4n) is 2.35. The van der Waals surface area contributed by atoms with Gasteiger partial charge in [0.05, 0.1) is 35.0 Å². The molecule has 0 aliphatic carbocycles. The number of non-ortho nitro benzene ring substituents is 1. The average molecular weight is 301 g/mol. The summed E-state index contributed by atoms with van der Waals surface area (Å²) >= 11 is 6.12. The first-order valence-corrected chi connectivity index (χ1v) is 6.91. The Bertz CT molecular complexity index is 475. The summed E-state index contributed by atoms with van der Waals surface area (Å²) in [7, 11) is 0. The molecular formula is C13H17ClN2O4. The molecule has 20 heavy (non-hydrogen) atoms. The summed E-state index contributed by atoms with van der Waals surface area (Å²) < 4.78 is 5.50. The smallest absolute Gasteiger partial charge is 0.271 e. The van der Waals surface area contributed by atoms with E-state index in [2.05, 4.69) is 4.90 Å². The summed E-state index contributed by atoms with van der Waals surface area (Å²) in [6.45, 7) is 1.97. The quantitative estimate of drug-likeness (QED) is 0.666. The molecule has 0 saturated carbocycles. The molecule has 0 radical (unpaired) electrons. The van der Waals surface area contributed by atoms with Crippen LogP contribution < -0.4 is 4.90 Å². The Labute approximate surface area is 122 Å². The van der Waals surface area contributed by atoms with E-state index in [0.29, 0.717) is 11.6 Å². The van der Waals surface area contributed by atoms with Gasteiger partial charge in [-0.25, -0.2) is 0 Å². The maximum Gasteiger partial charge on any atom is 0.271 e. The van der Waals surface area contributed by atoms with E-state index in [4.69, 9.17) is 21.4 Å². The molecule has 1 aliphatic rings. The first-order chi connectivity index (χ1) is 9.61. The van der Waals surface area contributed by atoms with Crippen LogP contribution in [0.4, 0.5) is 11.4 Å². The second-order valence-electron chi connectivity index (χ2n) is 4.67. The molecule has 0 spiro atoms. The lowest BCUT2D eigenvalue weighted by Gasteiger charge is -2.33. The summed E-state index contributed by atoms with van der Waals surface area (Å²) in [4.78, 5) is 12.3. The van der Waals surface area contributed by atoms with Crippen molar-refractivity contribution in [1.82, 2.24) is 0 Å². The van der Waals surface area contributed by atoms with E-state index in [0.717, 1.165) is 31.6 Å².